The maximum atomic E-state index is 13.4. The van der Waals surface area contributed by atoms with Crippen LogP contribution in [-0.4, -0.2) is 50.5 Å². The molecule has 2 aromatic rings. The van der Waals surface area contributed by atoms with Gasteiger partial charge in [0.15, 0.2) is 0 Å². The van der Waals surface area contributed by atoms with Crippen molar-refractivity contribution in [3.8, 4) is 5.75 Å². The van der Waals surface area contributed by atoms with Gasteiger partial charge >= 0.3 is 0 Å². The fraction of sp³-hybridized carbons (Fsp3) is 0.480. The van der Waals surface area contributed by atoms with Gasteiger partial charge in [0.25, 0.3) is 5.91 Å². The summed E-state index contributed by atoms with van der Waals surface area (Å²) < 4.78 is 39.3. The van der Waals surface area contributed by atoms with Gasteiger partial charge in [0.2, 0.25) is 10.0 Å². The predicted molar refractivity (Wildman–Crippen MR) is 126 cm³/mol. The Bertz CT molecular complexity index is 1120. The van der Waals surface area contributed by atoms with Crippen LogP contribution in [0.25, 0.3) is 0 Å². The first kappa shape index (κ1) is 23.7. The number of amides is 1. The maximum absolute atomic E-state index is 13.4. The summed E-state index contributed by atoms with van der Waals surface area (Å²) in [5.41, 5.74) is 1.69. The number of ether oxygens (including phenoxy) is 2. The first-order chi connectivity index (χ1) is 15.8. The number of para-hydroxylation sites is 1. The average Bonchev–Trinajstić information content (AvgIpc) is 2.84. The van der Waals surface area contributed by atoms with E-state index in [-0.39, 0.29) is 22.4 Å². The number of sulfonamides is 1. The SMILES string of the molecule is CCC1(CC)C[C@@H](NC(=O)c2cc(S(=O)(=O)N3CCOCC3)ccc2C)c2ccccc2O1. The second-order valence-corrected chi connectivity index (χ2v) is 10.7. The maximum Gasteiger partial charge on any atom is 0.252 e. The highest BCUT2D eigenvalue weighted by atomic mass is 32.2. The quantitative estimate of drug-likeness (QED) is 0.691. The Morgan fingerprint density at radius 3 is 2.52 bits per heavy atom. The van der Waals surface area contributed by atoms with E-state index in [4.69, 9.17) is 9.47 Å². The summed E-state index contributed by atoms with van der Waals surface area (Å²) in [4.78, 5) is 13.5. The Balaban J connectivity index is 1.63. The van der Waals surface area contributed by atoms with Gasteiger partial charge in [0.1, 0.15) is 11.4 Å². The summed E-state index contributed by atoms with van der Waals surface area (Å²) >= 11 is 0. The van der Waals surface area contributed by atoms with Crippen LogP contribution in [0, 0.1) is 6.92 Å². The number of nitrogens with one attached hydrogen (secondary N) is 1. The third-order valence-corrected chi connectivity index (χ3v) is 8.75. The highest BCUT2D eigenvalue weighted by Gasteiger charge is 2.39. The number of carbonyl (C=O) groups excluding carboxylic acids is 1. The molecule has 1 amide bonds. The molecule has 7 nitrogen and oxygen atoms in total. The molecule has 0 aromatic heterocycles. The molecule has 1 saturated heterocycles. The predicted octanol–water partition coefficient (Wildman–Crippen LogP) is 3.83. The van der Waals surface area contributed by atoms with Crippen molar-refractivity contribution in [1.29, 1.82) is 0 Å². The van der Waals surface area contributed by atoms with Gasteiger partial charge in [0, 0.05) is 30.6 Å². The van der Waals surface area contributed by atoms with E-state index < -0.39 is 10.0 Å². The first-order valence-corrected chi connectivity index (χ1v) is 13.0. The number of carbonyl (C=O) groups is 1. The highest BCUT2D eigenvalue weighted by molar-refractivity contribution is 7.89. The van der Waals surface area contributed by atoms with Crippen molar-refractivity contribution in [1.82, 2.24) is 9.62 Å². The van der Waals surface area contributed by atoms with Crippen molar-refractivity contribution in [2.24, 2.45) is 0 Å². The number of hydrogen-bond donors (Lipinski definition) is 1. The molecular weight excluding hydrogens is 440 g/mol. The van der Waals surface area contributed by atoms with Gasteiger partial charge in [-0.05, 0) is 43.5 Å². The molecule has 0 saturated carbocycles. The van der Waals surface area contributed by atoms with Crippen LogP contribution >= 0.6 is 0 Å². The van der Waals surface area contributed by atoms with E-state index >= 15 is 0 Å². The van der Waals surface area contributed by atoms with E-state index in [1.54, 1.807) is 12.1 Å². The first-order valence-electron chi connectivity index (χ1n) is 11.6. The molecule has 2 aromatic carbocycles. The molecular formula is C25H32N2O5S. The molecule has 0 unspecified atom stereocenters. The van der Waals surface area contributed by atoms with Crippen LogP contribution in [0.2, 0.25) is 0 Å². The summed E-state index contributed by atoms with van der Waals surface area (Å²) in [7, 11) is -3.69. The number of hydrogen-bond acceptors (Lipinski definition) is 5. The van der Waals surface area contributed by atoms with E-state index in [0.717, 1.165) is 29.7 Å². The molecule has 2 heterocycles. The molecule has 1 atom stereocenters. The average molecular weight is 473 g/mol. The number of aryl methyl sites for hydroxylation is 1. The van der Waals surface area contributed by atoms with Crippen LogP contribution in [-0.2, 0) is 14.8 Å². The number of morpholine rings is 1. The molecule has 0 aliphatic carbocycles. The minimum atomic E-state index is -3.69. The smallest absolute Gasteiger partial charge is 0.252 e. The van der Waals surface area contributed by atoms with Crippen LogP contribution in [0.5, 0.6) is 5.75 Å². The van der Waals surface area contributed by atoms with Gasteiger partial charge in [-0.3, -0.25) is 4.79 Å². The summed E-state index contributed by atoms with van der Waals surface area (Å²) in [5.74, 6) is 0.507. The van der Waals surface area contributed by atoms with Crippen molar-refractivity contribution in [3.05, 3.63) is 59.2 Å². The van der Waals surface area contributed by atoms with Crippen molar-refractivity contribution in [3.63, 3.8) is 0 Å². The zero-order valence-electron chi connectivity index (χ0n) is 19.5. The van der Waals surface area contributed by atoms with Gasteiger partial charge in [-0.2, -0.15) is 4.31 Å². The van der Waals surface area contributed by atoms with Gasteiger partial charge < -0.3 is 14.8 Å². The minimum Gasteiger partial charge on any atom is -0.487 e. The summed E-state index contributed by atoms with van der Waals surface area (Å²) in [5, 5.41) is 3.17. The summed E-state index contributed by atoms with van der Waals surface area (Å²) in [6.45, 7) is 7.39. The number of benzene rings is 2. The van der Waals surface area contributed by atoms with E-state index in [1.165, 1.54) is 10.4 Å². The topological polar surface area (TPSA) is 84.9 Å². The zero-order chi connectivity index (χ0) is 23.6. The Labute approximate surface area is 196 Å². The molecule has 0 bridgehead atoms. The lowest BCUT2D eigenvalue weighted by molar-refractivity contribution is 0.0227. The normalized spacial score (nSPS) is 20.5. The molecule has 0 spiro atoms. The molecule has 8 heteroatoms. The Morgan fingerprint density at radius 2 is 1.82 bits per heavy atom. The molecule has 1 N–H and O–H groups in total. The summed E-state index contributed by atoms with van der Waals surface area (Å²) in [6.07, 6.45) is 2.32. The zero-order valence-corrected chi connectivity index (χ0v) is 20.3. The fourth-order valence-electron chi connectivity index (χ4n) is 4.61. The van der Waals surface area contributed by atoms with Gasteiger partial charge in [0.05, 0.1) is 24.2 Å². The van der Waals surface area contributed by atoms with Crippen molar-refractivity contribution in [2.45, 2.75) is 56.6 Å². The number of nitrogens with zero attached hydrogens (tertiary/aromatic N) is 1. The van der Waals surface area contributed by atoms with Gasteiger partial charge in [-0.15, -0.1) is 0 Å². The van der Waals surface area contributed by atoms with Crippen molar-refractivity contribution >= 4 is 15.9 Å². The third-order valence-electron chi connectivity index (χ3n) is 6.85. The largest absolute Gasteiger partial charge is 0.487 e. The standard InChI is InChI=1S/C25H32N2O5S/c1-4-25(5-2)17-22(20-8-6-7-9-23(20)32-25)26-24(28)21-16-19(11-10-18(21)3)33(29,30)27-12-14-31-15-13-27/h6-11,16,22H,4-5,12-15,17H2,1-3H3,(H,26,28)/t22-/m1/s1. The van der Waals surface area contributed by atoms with E-state index in [0.29, 0.717) is 38.3 Å². The fourth-order valence-corrected chi connectivity index (χ4v) is 6.04. The third kappa shape index (κ3) is 4.65. The lowest BCUT2D eigenvalue weighted by Crippen LogP contribution is -2.44. The molecule has 33 heavy (non-hydrogen) atoms. The number of rotatable bonds is 6. The van der Waals surface area contributed by atoms with Gasteiger partial charge in [-0.25, -0.2) is 8.42 Å². The molecule has 2 aliphatic heterocycles. The lowest BCUT2D eigenvalue weighted by Gasteiger charge is -2.41. The highest BCUT2D eigenvalue weighted by Crippen LogP contribution is 2.42. The van der Waals surface area contributed by atoms with E-state index in [9.17, 15) is 13.2 Å². The van der Waals surface area contributed by atoms with Crippen molar-refractivity contribution < 1.29 is 22.7 Å². The van der Waals surface area contributed by atoms with Crippen LogP contribution in [0.3, 0.4) is 0 Å². The van der Waals surface area contributed by atoms with Crippen LogP contribution in [0.15, 0.2) is 47.4 Å². The lowest BCUT2D eigenvalue weighted by atomic mass is 9.83. The van der Waals surface area contributed by atoms with Crippen molar-refractivity contribution in [2.75, 3.05) is 26.3 Å². The second kappa shape index (κ2) is 9.44. The summed E-state index contributed by atoms with van der Waals surface area (Å²) in [6, 6.07) is 12.3. The van der Waals surface area contributed by atoms with E-state index in [1.807, 2.05) is 31.2 Å². The molecule has 2 aliphatic rings. The molecule has 178 valence electrons. The molecule has 4 rings (SSSR count). The molecule has 0 radical (unpaired) electrons. The van der Waals surface area contributed by atoms with E-state index in [2.05, 4.69) is 19.2 Å². The minimum absolute atomic E-state index is 0.129. The Kier molecular flexibility index (Phi) is 6.79. The molecule has 1 fully saturated rings. The monoisotopic (exact) mass is 472 g/mol. The van der Waals surface area contributed by atoms with Crippen LogP contribution in [0.4, 0.5) is 0 Å². The van der Waals surface area contributed by atoms with Crippen LogP contribution < -0.4 is 10.1 Å². The van der Waals surface area contributed by atoms with Crippen LogP contribution in [0.1, 0.15) is 60.6 Å². The Morgan fingerprint density at radius 1 is 1.12 bits per heavy atom. The second-order valence-electron chi connectivity index (χ2n) is 8.75. The Hall–Kier alpha value is -2.42. The number of fused-ring (bicyclic) bond motifs is 1. The van der Waals surface area contributed by atoms with Gasteiger partial charge in [-0.1, -0.05) is 38.1 Å².